The number of benzene rings is 7. The molecular formula is C50H36P2S3. The quantitative estimate of drug-likeness (QED) is 0.134. The van der Waals surface area contributed by atoms with Gasteiger partial charge in [-0.25, -0.2) is 0 Å². The van der Waals surface area contributed by atoms with Gasteiger partial charge < -0.3 is 0 Å². The van der Waals surface area contributed by atoms with Crippen LogP contribution in [0.1, 0.15) is 0 Å². The SMILES string of the molecule is C=P(c1ccccc1)(c1ccccc1)c1sc(-c2sc(-c3sc(P(=C)(c4ccccc4)c4ccccc4)c4ccccc34)c3ccccc23)c2ccccc12. The molecule has 0 nitrogen and oxygen atoms in total. The van der Waals surface area contributed by atoms with Gasteiger partial charge in [0.05, 0.1) is 19.5 Å². The molecule has 0 atom stereocenters. The summed E-state index contributed by atoms with van der Waals surface area (Å²) >= 11 is 5.84. The molecule has 0 spiro atoms. The topological polar surface area (TPSA) is 0 Å². The van der Waals surface area contributed by atoms with E-state index < -0.39 is 13.8 Å². The Labute approximate surface area is 334 Å². The Morgan fingerprint density at radius 3 is 0.764 bits per heavy atom. The molecule has 7 aromatic carbocycles. The first-order valence-electron chi connectivity index (χ1n) is 18.3. The van der Waals surface area contributed by atoms with E-state index in [1.165, 1.54) is 82.3 Å². The second-order valence-corrected chi connectivity index (χ2v) is 23.7. The van der Waals surface area contributed by atoms with Crippen molar-refractivity contribution in [3.8, 4) is 19.5 Å². The highest BCUT2D eigenvalue weighted by Crippen LogP contribution is 2.55. The maximum atomic E-state index is 5.19. The van der Waals surface area contributed by atoms with E-state index >= 15 is 0 Å². The second-order valence-electron chi connectivity index (χ2n) is 13.8. The average Bonchev–Trinajstić information content (AvgIpc) is 3.97. The minimum Gasteiger partial charge on any atom is -0.133 e. The number of rotatable bonds is 8. The van der Waals surface area contributed by atoms with E-state index in [1.54, 1.807) is 0 Å². The summed E-state index contributed by atoms with van der Waals surface area (Å²) in [6.45, 7) is -4.44. The molecule has 0 saturated carbocycles. The maximum Gasteiger partial charge on any atom is 0.0534 e. The standard InChI is InChI=1S/C50H36P2S3/c1-51(35-21-7-3-8-22-35,36-23-9-4-10-24-36)49-43-33-19-17-31-41(43)47(54-49)45-39-29-15-16-30-40(39)46(53-45)48-42-32-18-20-34-44(42)50(55-48)52(2,37-25-11-5-12-26-37)38-27-13-6-14-28-38/h3-34H,1-2H2. The van der Waals surface area contributed by atoms with Gasteiger partial charge in [-0.2, -0.15) is 0 Å². The van der Waals surface area contributed by atoms with Crippen molar-refractivity contribution in [2.24, 2.45) is 0 Å². The Morgan fingerprint density at radius 1 is 0.255 bits per heavy atom. The molecule has 0 N–H and O–H groups in total. The van der Waals surface area contributed by atoms with Crippen LogP contribution < -0.4 is 30.5 Å². The van der Waals surface area contributed by atoms with Crippen molar-refractivity contribution in [3.63, 3.8) is 0 Å². The van der Waals surface area contributed by atoms with E-state index in [4.69, 9.17) is 12.6 Å². The normalized spacial score (nSPS) is 12.1. The lowest BCUT2D eigenvalue weighted by atomic mass is 10.1. The largest absolute Gasteiger partial charge is 0.133 e. The molecule has 0 unspecified atom stereocenters. The van der Waals surface area contributed by atoms with Crippen molar-refractivity contribution >= 4 is 123 Å². The van der Waals surface area contributed by atoms with E-state index in [2.05, 4.69) is 194 Å². The highest BCUT2D eigenvalue weighted by atomic mass is 32.1. The first kappa shape index (κ1) is 34.5. The van der Waals surface area contributed by atoms with E-state index in [0.717, 1.165) is 0 Å². The van der Waals surface area contributed by atoms with Gasteiger partial charge in [0, 0.05) is 41.6 Å². The summed E-state index contributed by atoms with van der Waals surface area (Å²) in [5.41, 5.74) is 0. The smallest absolute Gasteiger partial charge is 0.0534 e. The molecule has 0 radical (unpaired) electrons. The van der Waals surface area contributed by atoms with Crippen molar-refractivity contribution in [3.05, 3.63) is 194 Å². The summed E-state index contributed by atoms with van der Waals surface area (Å²) in [5, 5.41) is 13.0. The highest BCUT2D eigenvalue weighted by molar-refractivity contribution is 7.97. The van der Waals surface area contributed by atoms with Crippen LogP contribution in [-0.4, -0.2) is 12.6 Å². The maximum absolute atomic E-state index is 5.19. The van der Waals surface area contributed by atoms with Crippen LogP contribution in [-0.2, 0) is 0 Å². The Morgan fingerprint density at radius 2 is 0.473 bits per heavy atom. The van der Waals surface area contributed by atoms with Gasteiger partial charge in [-0.05, 0) is 35.0 Å². The fourth-order valence-corrected chi connectivity index (χ4v) is 20.1. The molecule has 5 heteroatoms. The third-order valence-corrected chi connectivity index (χ3v) is 23.3. The fraction of sp³-hybridized carbons (Fsp3) is 0. The second kappa shape index (κ2) is 13.9. The molecule has 10 aromatic rings. The molecular weight excluding hydrogens is 759 g/mol. The zero-order chi connectivity index (χ0) is 37.0. The van der Waals surface area contributed by atoms with Crippen LogP contribution in [0.2, 0.25) is 0 Å². The third kappa shape index (κ3) is 5.53. The molecule has 3 heterocycles. The Bertz CT molecular complexity index is 2790. The van der Waals surface area contributed by atoms with E-state index in [1.807, 2.05) is 34.0 Å². The van der Waals surface area contributed by atoms with Gasteiger partial charge in [0.15, 0.2) is 0 Å². The number of hydrogen-bond acceptors (Lipinski definition) is 3. The van der Waals surface area contributed by atoms with Crippen molar-refractivity contribution in [2.75, 3.05) is 0 Å². The molecule has 0 aliphatic carbocycles. The summed E-state index contributed by atoms with van der Waals surface area (Å²) in [5.74, 6) is 0. The predicted molar refractivity (Wildman–Crippen MR) is 255 cm³/mol. The van der Waals surface area contributed by atoms with Gasteiger partial charge in [0.1, 0.15) is 0 Å². The summed E-state index contributed by atoms with van der Waals surface area (Å²) in [6, 6.07) is 71.0. The van der Waals surface area contributed by atoms with Crippen LogP contribution in [0.5, 0.6) is 0 Å². The minimum atomic E-state index is -2.22. The van der Waals surface area contributed by atoms with Gasteiger partial charge in [-0.15, -0.1) is 34.0 Å². The Balaban J connectivity index is 1.23. The molecule has 0 bridgehead atoms. The van der Waals surface area contributed by atoms with Gasteiger partial charge in [-0.3, -0.25) is 0 Å². The van der Waals surface area contributed by atoms with Crippen molar-refractivity contribution in [2.45, 2.75) is 0 Å². The van der Waals surface area contributed by atoms with Crippen LogP contribution in [0.3, 0.4) is 0 Å². The number of hydrogen-bond donors (Lipinski definition) is 0. The monoisotopic (exact) mass is 794 g/mol. The molecule has 10 rings (SSSR count). The molecule has 3 aromatic heterocycles. The van der Waals surface area contributed by atoms with Gasteiger partial charge >= 0.3 is 0 Å². The zero-order valence-corrected chi connectivity index (χ0v) is 34.2. The highest BCUT2D eigenvalue weighted by Gasteiger charge is 2.31. The molecule has 0 fully saturated rings. The summed E-state index contributed by atoms with van der Waals surface area (Å²) in [4.78, 5) is 5.30. The summed E-state index contributed by atoms with van der Waals surface area (Å²) in [7, 11) is 0. The van der Waals surface area contributed by atoms with Gasteiger partial charge in [0.2, 0.25) is 0 Å². The minimum absolute atomic E-state index is 1.30. The summed E-state index contributed by atoms with van der Waals surface area (Å²) in [6.07, 6.45) is 10.4. The molecule has 0 amide bonds. The summed E-state index contributed by atoms with van der Waals surface area (Å²) < 4.78 is 2.74. The first-order valence-corrected chi connectivity index (χ1v) is 24.7. The molecule has 0 aliphatic heterocycles. The number of fused-ring (bicyclic) bond motifs is 3. The molecule has 0 aliphatic rings. The van der Waals surface area contributed by atoms with Gasteiger partial charge in [-0.1, -0.05) is 207 Å². The molecule has 55 heavy (non-hydrogen) atoms. The van der Waals surface area contributed by atoms with Crippen LogP contribution in [0, 0.1) is 0 Å². The third-order valence-electron chi connectivity index (χ3n) is 10.7. The molecule has 264 valence electrons. The van der Waals surface area contributed by atoms with Crippen LogP contribution >= 0.6 is 47.8 Å². The lowest BCUT2D eigenvalue weighted by Gasteiger charge is -2.25. The van der Waals surface area contributed by atoms with E-state index in [9.17, 15) is 0 Å². The lowest BCUT2D eigenvalue weighted by molar-refractivity contribution is 1.75. The molecule has 0 saturated heterocycles. The van der Waals surface area contributed by atoms with Crippen molar-refractivity contribution in [1.82, 2.24) is 0 Å². The number of thiophene rings is 3. The van der Waals surface area contributed by atoms with Crippen molar-refractivity contribution < 1.29 is 0 Å². The Kier molecular flexibility index (Phi) is 8.75. The van der Waals surface area contributed by atoms with E-state index in [0.29, 0.717) is 0 Å². The van der Waals surface area contributed by atoms with Crippen molar-refractivity contribution in [1.29, 1.82) is 0 Å². The van der Waals surface area contributed by atoms with E-state index in [-0.39, 0.29) is 0 Å². The lowest BCUT2D eigenvalue weighted by Crippen LogP contribution is -2.23. The Hall–Kier alpha value is -4.98. The van der Waals surface area contributed by atoms with Crippen LogP contribution in [0.4, 0.5) is 0 Å². The fourth-order valence-electron chi connectivity index (χ4n) is 7.98. The van der Waals surface area contributed by atoms with Gasteiger partial charge in [0.25, 0.3) is 0 Å². The average molecular weight is 795 g/mol. The van der Waals surface area contributed by atoms with Crippen LogP contribution in [0.25, 0.3) is 51.8 Å². The van der Waals surface area contributed by atoms with Crippen LogP contribution in [0.15, 0.2) is 194 Å². The first-order chi connectivity index (χ1) is 27.1. The predicted octanol–water partition coefficient (Wildman–Crippen LogP) is 12.1. The zero-order valence-electron chi connectivity index (χ0n) is 30.0.